The maximum atomic E-state index is 5.62. The van der Waals surface area contributed by atoms with Crippen molar-refractivity contribution in [2.45, 2.75) is 13.8 Å². The van der Waals surface area contributed by atoms with E-state index >= 15 is 0 Å². The number of rotatable bonds is 1. The Balaban J connectivity index is 0.000000461. The average Bonchev–Trinajstić information content (AvgIpc) is 2.78. The third-order valence-electron chi connectivity index (χ3n) is 1.54. The van der Waals surface area contributed by atoms with Gasteiger partial charge in [0.1, 0.15) is 5.69 Å². The van der Waals surface area contributed by atoms with Crippen LogP contribution >= 0.6 is 11.6 Å². The van der Waals surface area contributed by atoms with Crippen LogP contribution < -0.4 is 0 Å². The third-order valence-corrected chi connectivity index (χ3v) is 1.74. The summed E-state index contributed by atoms with van der Waals surface area (Å²) in [5.41, 5.74) is 0.796. The van der Waals surface area contributed by atoms with Crippen molar-refractivity contribution in [3.63, 3.8) is 0 Å². The normalized spacial score (nSPS) is 9.43. The zero-order valence-corrected chi connectivity index (χ0v) is 9.25. The van der Waals surface area contributed by atoms with Gasteiger partial charge in [0, 0.05) is 13.2 Å². The third kappa shape index (κ3) is 2.39. The molecule has 0 aliphatic rings. The van der Waals surface area contributed by atoms with Crippen LogP contribution in [-0.4, -0.2) is 9.78 Å². The smallest absolute Gasteiger partial charge is 0.194 e. The predicted octanol–water partition coefficient (Wildman–Crippen LogP) is 3.36. The maximum absolute atomic E-state index is 5.62. The second kappa shape index (κ2) is 4.86. The highest BCUT2D eigenvalue weighted by molar-refractivity contribution is 6.28. The number of halogens is 1. The first-order chi connectivity index (χ1) is 6.75. The van der Waals surface area contributed by atoms with Crippen molar-refractivity contribution in [3.05, 3.63) is 29.6 Å². The summed E-state index contributed by atoms with van der Waals surface area (Å²) in [5.74, 6) is 0.695. The fraction of sp³-hybridized carbons (Fsp3) is 0.300. The van der Waals surface area contributed by atoms with E-state index in [1.807, 2.05) is 33.2 Å². The van der Waals surface area contributed by atoms with E-state index in [4.69, 9.17) is 16.0 Å². The Labute approximate surface area is 88.3 Å². The highest BCUT2D eigenvalue weighted by atomic mass is 35.5. The van der Waals surface area contributed by atoms with Gasteiger partial charge in [-0.05, 0) is 29.8 Å². The van der Waals surface area contributed by atoms with E-state index in [9.17, 15) is 0 Å². The largest absolute Gasteiger partial charge is 0.443 e. The average molecular weight is 213 g/mol. The molecule has 4 heteroatoms. The van der Waals surface area contributed by atoms with Crippen molar-refractivity contribution in [2.24, 2.45) is 7.05 Å². The van der Waals surface area contributed by atoms with Gasteiger partial charge in [-0.25, -0.2) is 0 Å². The molecule has 0 fully saturated rings. The summed E-state index contributed by atoms with van der Waals surface area (Å²) in [5, 5.41) is 4.54. The van der Waals surface area contributed by atoms with Crippen LogP contribution in [-0.2, 0) is 7.05 Å². The van der Waals surface area contributed by atoms with Crippen LogP contribution in [0.4, 0.5) is 0 Å². The van der Waals surface area contributed by atoms with Crippen LogP contribution in [0.3, 0.4) is 0 Å². The Bertz CT molecular complexity index is 354. The Morgan fingerprint density at radius 3 is 2.43 bits per heavy atom. The minimum atomic E-state index is 0.385. The number of nitrogens with zero attached hydrogens (tertiary/aromatic N) is 2. The summed E-state index contributed by atoms with van der Waals surface area (Å²) < 4.78 is 6.89. The summed E-state index contributed by atoms with van der Waals surface area (Å²) in [6.45, 7) is 4.00. The van der Waals surface area contributed by atoms with Crippen molar-refractivity contribution in [2.75, 3.05) is 0 Å². The first kappa shape index (κ1) is 10.9. The molecule has 2 aromatic heterocycles. The number of hydrogen-bond donors (Lipinski definition) is 0. The van der Waals surface area contributed by atoms with E-state index in [2.05, 4.69) is 5.10 Å². The van der Waals surface area contributed by atoms with Gasteiger partial charge in [0.15, 0.2) is 11.0 Å². The lowest BCUT2D eigenvalue weighted by molar-refractivity contribution is 0.580. The van der Waals surface area contributed by atoms with Crippen LogP contribution in [0.1, 0.15) is 13.8 Å². The van der Waals surface area contributed by atoms with Gasteiger partial charge in [0.2, 0.25) is 0 Å². The fourth-order valence-electron chi connectivity index (χ4n) is 0.998. The molecule has 14 heavy (non-hydrogen) atoms. The molecule has 2 rings (SSSR count). The Hall–Kier alpha value is -1.22. The quantitative estimate of drug-likeness (QED) is 0.726. The highest BCUT2D eigenvalue weighted by Crippen LogP contribution is 2.22. The molecule has 0 saturated carbocycles. The van der Waals surface area contributed by atoms with Crippen molar-refractivity contribution in [1.82, 2.24) is 9.78 Å². The summed E-state index contributed by atoms with van der Waals surface area (Å²) >= 11 is 5.62. The molecule has 0 aromatic carbocycles. The molecule has 0 aliphatic carbocycles. The van der Waals surface area contributed by atoms with Crippen molar-refractivity contribution in [3.8, 4) is 11.5 Å². The number of aryl methyl sites for hydroxylation is 1. The molecule has 0 N–H and O–H groups in total. The molecule has 0 amide bonds. The Morgan fingerprint density at radius 1 is 1.29 bits per heavy atom. The van der Waals surface area contributed by atoms with Gasteiger partial charge in [0.25, 0.3) is 0 Å². The van der Waals surface area contributed by atoms with Crippen molar-refractivity contribution >= 4 is 11.6 Å². The minimum Gasteiger partial charge on any atom is -0.443 e. The number of hydrogen-bond acceptors (Lipinski definition) is 2. The van der Waals surface area contributed by atoms with Crippen LogP contribution in [0.25, 0.3) is 11.5 Å². The standard InChI is InChI=1S/C8H7ClN2O.C2H6/c1-11-5-4-6(10-11)7-2-3-8(9)12-7;1-2/h2-5H,1H3;1-2H3. The van der Waals surface area contributed by atoms with Gasteiger partial charge in [-0.15, -0.1) is 0 Å². The second-order valence-corrected chi connectivity index (χ2v) is 2.85. The summed E-state index contributed by atoms with van der Waals surface area (Å²) in [6.07, 6.45) is 1.85. The van der Waals surface area contributed by atoms with E-state index in [1.54, 1.807) is 16.8 Å². The van der Waals surface area contributed by atoms with Gasteiger partial charge in [-0.3, -0.25) is 4.68 Å². The second-order valence-electron chi connectivity index (χ2n) is 2.48. The van der Waals surface area contributed by atoms with Gasteiger partial charge in [-0.2, -0.15) is 5.10 Å². The van der Waals surface area contributed by atoms with Crippen LogP contribution in [0.15, 0.2) is 28.8 Å². The van der Waals surface area contributed by atoms with Crippen molar-refractivity contribution in [1.29, 1.82) is 0 Å². The first-order valence-corrected chi connectivity index (χ1v) is 4.89. The minimum absolute atomic E-state index is 0.385. The molecule has 0 bridgehead atoms. The van der Waals surface area contributed by atoms with Gasteiger partial charge in [0.05, 0.1) is 0 Å². The SMILES string of the molecule is CC.Cn1ccc(-c2ccc(Cl)o2)n1. The molecule has 0 saturated heterocycles. The zero-order valence-electron chi connectivity index (χ0n) is 8.49. The molecular formula is C10H13ClN2O. The topological polar surface area (TPSA) is 31.0 Å². The highest BCUT2D eigenvalue weighted by Gasteiger charge is 2.04. The van der Waals surface area contributed by atoms with E-state index in [-0.39, 0.29) is 0 Å². The molecule has 0 unspecified atom stereocenters. The van der Waals surface area contributed by atoms with Gasteiger partial charge >= 0.3 is 0 Å². The fourth-order valence-corrected chi connectivity index (χ4v) is 1.14. The molecular weight excluding hydrogens is 200 g/mol. The summed E-state index contributed by atoms with van der Waals surface area (Å²) in [7, 11) is 1.86. The monoisotopic (exact) mass is 212 g/mol. The lowest BCUT2D eigenvalue weighted by Crippen LogP contribution is -1.86. The molecule has 2 heterocycles. The number of aromatic nitrogens is 2. The van der Waals surface area contributed by atoms with Crippen LogP contribution in [0, 0.1) is 0 Å². The molecule has 0 atom stereocenters. The lowest BCUT2D eigenvalue weighted by Gasteiger charge is -1.87. The molecule has 0 aliphatic heterocycles. The maximum Gasteiger partial charge on any atom is 0.194 e. The molecule has 76 valence electrons. The molecule has 0 radical (unpaired) electrons. The van der Waals surface area contributed by atoms with Crippen LogP contribution in [0.5, 0.6) is 0 Å². The summed E-state index contributed by atoms with van der Waals surface area (Å²) in [6, 6.07) is 5.37. The molecule has 2 aromatic rings. The number of furan rings is 1. The zero-order chi connectivity index (χ0) is 10.6. The van der Waals surface area contributed by atoms with Crippen LogP contribution in [0.2, 0.25) is 5.22 Å². The van der Waals surface area contributed by atoms with E-state index in [0.717, 1.165) is 5.69 Å². The van der Waals surface area contributed by atoms with E-state index in [1.165, 1.54) is 0 Å². The van der Waals surface area contributed by atoms with E-state index < -0.39 is 0 Å². The summed E-state index contributed by atoms with van der Waals surface area (Å²) in [4.78, 5) is 0. The van der Waals surface area contributed by atoms with Gasteiger partial charge < -0.3 is 4.42 Å². The predicted molar refractivity (Wildman–Crippen MR) is 57.3 cm³/mol. The van der Waals surface area contributed by atoms with Crippen molar-refractivity contribution < 1.29 is 4.42 Å². The lowest BCUT2D eigenvalue weighted by atomic mass is 10.3. The van der Waals surface area contributed by atoms with Gasteiger partial charge in [-0.1, -0.05) is 13.8 Å². The molecule has 0 spiro atoms. The Morgan fingerprint density at radius 2 is 2.00 bits per heavy atom. The Kier molecular flexibility index (Phi) is 3.77. The van der Waals surface area contributed by atoms with E-state index in [0.29, 0.717) is 11.0 Å². The molecule has 3 nitrogen and oxygen atoms in total. The first-order valence-electron chi connectivity index (χ1n) is 4.51.